The van der Waals surface area contributed by atoms with E-state index in [0.717, 1.165) is 11.9 Å². The number of oxazole rings is 1. The summed E-state index contributed by atoms with van der Waals surface area (Å²) < 4.78 is 29.2. The van der Waals surface area contributed by atoms with E-state index in [1.807, 2.05) is 38.1 Å². The highest BCUT2D eigenvalue weighted by Crippen LogP contribution is 2.26. The SMILES string of the molecule is CCC(C)N(C(=O)CSc1nc2ccccc2o1)C1CCS(=O)(=O)C1. The van der Waals surface area contributed by atoms with Gasteiger partial charge in [-0.3, -0.25) is 4.79 Å². The molecule has 0 aliphatic carbocycles. The quantitative estimate of drug-likeness (QED) is 0.715. The van der Waals surface area contributed by atoms with Gasteiger partial charge in [-0.15, -0.1) is 0 Å². The van der Waals surface area contributed by atoms with E-state index in [1.54, 1.807) is 4.90 Å². The van der Waals surface area contributed by atoms with E-state index in [1.165, 1.54) is 11.8 Å². The van der Waals surface area contributed by atoms with E-state index in [0.29, 0.717) is 17.2 Å². The largest absolute Gasteiger partial charge is 0.431 e. The minimum atomic E-state index is -3.03. The van der Waals surface area contributed by atoms with Crippen LogP contribution in [0.3, 0.4) is 0 Å². The molecule has 0 N–H and O–H groups in total. The smallest absolute Gasteiger partial charge is 0.257 e. The lowest BCUT2D eigenvalue weighted by Gasteiger charge is -2.33. The highest BCUT2D eigenvalue weighted by Gasteiger charge is 2.36. The Kier molecular flexibility index (Phi) is 5.38. The van der Waals surface area contributed by atoms with Gasteiger partial charge < -0.3 is 9.32 Å². The molecule has 1 aromatic heterocycles. The first-order chi connectivity index (χ1) is 11.9. The summed E-state index contributed by atoms with van der Waals surface area (Å²) in [5.41, 5.74) is 1.45. The van der Waals surface area contributed by atoms with Gasteiger partial charge in [0, 0.05) is 12.1 Å². The zero-order chi connectivity index (χ0) is 18.0. The minimum absolute atomic E-state index is 0.00929. The molecule has 1 saturated heterocycles. The predicted octanol–water partition coefficient (Wildman–Crippen LogP) is 2.73. The molecule has 2 heterocycles. The first-order valence-corrected chi connectivity index (χ1v) is 11.2. The summed E-state index contributed by atoms with van der Waals surface area (Å²) in [7, 11) is -3.03. The molecule has 1 amide bonds. The fraction of sp³-hybridized carbons (Fsp3) is 0.529. The van der Waals surface area contributed by atoms with Crippen molar-refractivity contribution >= 4 is 38.6 Å². The number of sulfone groups is 1. The van der Waals surface area contributed by atoms with E-state index in [9.17, 15) is 13.2 Å². The van der Waals surface area contributed by atoms with Crippen LogP contribution in [0, 0.1) is 0 Å². The Morgan fingerprint density at radius 3 is 2.84 bits per heavy atom. The Morgan fingerprint density at radius 1 is 1.44 bits per heavy atom. The van der Waals surface area contributed by atoms with Crippen LogP contribution in [0.15, 0.2) is 33.9 Å². The van der Waals surface area contributed by atoms with Gasteiger partial charge in [0.1, 0.15) is 5.52 Å². The van der Waals surface area contributed by atoms with E-state index < -0.39 is 9.84 Å². The zero-order valence-electron chi connectivity index (χ0n) is 14.3. The Labute approximate surface area is 151 Å². The van der Waals surface area contributed by atoms with Crippen LogP contribution in [0.5, 0.6) is 0 Å². The second kappa shape index (κ2) is 7.37. The molecule has 6 nitrogen and oxygen atoms in total. The fourth-order valence-electron chi connectivity index (χ4n) is 3.11. The summed E-state index contributed by atoms with van der Waals surface area (Å²) in [5.74, 6) is 0.351. The second-order valence-electron chi connectivity index (χ2n) is 6.35. The predicted molar refractivity (Wildman–Crippen MR) is 98.4 cm³/mol. The number of carbonyl (C=O) groups is 1. The molecule has 25 heavy (non-hydrogen) atoms. The molecule has 1 aromatic carbocycles. The molecule has 0 radical (unpaired) electrons. The molecule has 8 heteroatoms. The van der Waals surface area contributed by atoms with Gasteiger partial charge in [0.25, 0.3) is 5.22 Å². The Hall–Kier alpha value is -1.54. The molecule has 2 unspecified atom stereocenters. The second-order valence-corrected chi connectivity index (χ2v) is 9.51. The summed E-state index contributed by atoms with van der Waals surface area (Å²) in [6.45, 7) is 3.97. The molecule has 0 saturated carbocycles. The van der Waals surface area contributed by atoms with Crippen molar-refractivity contribution in [2.45, 2.75) is 44.0 Å². The van der Waals surface area contributed by atoms with Crippen molar-refractivity contribution in [3.05, 3.63) is 24.3 Å². The number of hydrogen-bond donors (Lipinski definition) is 0. The third kappa shape index (κ3) is 4.17. The number of nitrogens with zero attached hydrogens (tertiary/aromatic N) is 2. The molecule has 0 spiro atoms. The highest BCUT2D eigenvalue weighted by atomic mass is 32.2. The Balaban J connectivity index is 1.69. The zero-order valence-corrected chi connectivity index (χ0v) is 16.0. The lowest BCUT2D eigenvalue weighted by molar-refractivity contribution is -0.132. The molecule has 2 atom stereocenters. The van der Waals surface area contributed by atoms with Crippen molar-refractivity contribution in [3.63, 3.8) is 0 Å². The number of benzene rings is 1. The molecule has 1 fully saturated rings. The van der Waals surface area contributed by atoms with E-state index in [4.69, 9.17) is 4.42 Å². The molecule has 0 bridgehead atoms. The van der Waals surface area contributed by atoms with Crippen molar-refractivity contribution in [2.24, 2.45) is 0 Å². The van der Waals surface area contributed by atoms with Crippen LogP contribution in [0.25, 0.3) is 11.1 Å². The van der Waals surface area contributed by atoms with Gasteiger partial charge in [0.05, 0.1) is 17.3 Å². The molecule has 1 aliphatic heterocycles. The maximum atomic E-state index is 12.8. The molecule has 136 valence electrons. The topological polar surface area (TPSA) is 80.5 Å². The van der Waals surface area contributed by atoms with Gasteiger partial charge in [0.15, 0.2) is 15.4 Å². The first kappa shape index (κ1) is 18.3. The number of para-hydroxylation sites is 2. The van der Waals surface area contributed by atoms with Gasteiger partial charge in [-0.2, -0.15) is 0 Å². The minimum Gasteiger partial charge on any atom is -0.431 e. The summed E-state index contributed by atoms with van der Waals surface area (Å²) in [6, 6.07) is 7.24. The van der Waals surface area contributed by atoms with Crippen LogP contribution in [-0.4, -0.2) is 53.6 Å². The summed E-state index contributed by atoms with van der Waals surface area (Å²) >= 11 is 1.25. The van der Waals surface area contributed by atoms with Crippen molar-refractivity contribution < 1.29 is 17.6 Å². The van der Waals surface area contributed by atoms with Crippen molar-refractivity contribution in [1.82, 2.24) is 9.88 Å². The van der Waals surface area contributed by atoms with E-state index in [2.05, 4.69) is 4.98 Å². The number of thioether (sulfide) groups is 1. The number of amides is 1. The Bertz CT molecular complexity index is 829. The molecular formula is C17H22N2O4S2. The summed E-state index contributed by atoms with van der Waals surface area (Å²) in [5, 5.41) is 0.456. The summed E-state index contributed by atoms with van der Waals surface area (Å²) in [4.78, 5) is 18.9. The monoisotopic (exact) mass is 382 g/mol. The molecule has 1 aliphatic rings. The van der Waals surface area contributed by atoms with Crippen molar-refractivity contribution in [3.8, 4) is 0 Å². The standard InChI is InChI=1S/C17H22N2O4S2/c1-3-12(2)19(13-8-9-25(21,22)11-13)16(20)10-24-17-18-14-6-4-5-7-15(14)23-17/h4-7,12-13H,3,8-11H2,1-2H3. The number of carbonyl (C=O) groups excluding carboxylic acids is 1. The maximum Gasteiger partial charge on any atom is 0.257 e. The van der Waals surface area contributed by atoms with Gasteiger partial charge >= 0.3 is 0 Å². The van der Waals surface area contributed by atoms with Crippen LogP contribution < -0.4 is 0 Å². The summed E-state index contributed by atoms with van der Waals surface area (Å²) in [6.07, 6.45) is 1.31. The van der Waals surface area contributed by atoms with E-state index in [-0.39, 0.29) is 35.2 Å². The molecular weight excluding hydrogens is 360 g/mol. The third-order valence-electron chi connectivity index (χ3n) is 4.55. The number of fused-ring (bicyclic) bond motifs is 1. The number of aromatic nitrogens is 1. The van der Waals surface area contributed by atoms with Crippen molar-refractivity contribution in [1.29, 1.82) is 0 Å². The van der Waals surface area contributed by atoms with Gasteiger partial charge in [-0.05, 0) is 31.9 Å². The van der Waals surface area contributed by atoms with Crippen LogP contribution in [-0.2, 0) is 14.6 Å². The number of hydrogen-bond acceptors (Lipinski definition) is 6. The lowest BCUT2D eigenvalue weighted by atomic mass is 10.1. The van der Waals surface area contributed by atoms with Gasteiger partial charge in [0.2, 0.25) is 5.91 Å². The van der Waals surface area contributed by atoms with Gasteiger partial charge in [-0.1, -0.05) is 30.8 Å². The van der Waals surface area contributed by atoms with Crippen LogP contribution in [0.1, 0.15) is 26.7 Å². The first-order valence-electron chi connectivity index (χ1n) is 8.39. The maximum absolute atomic E-state index is 12.8. The normalized spacial score (nSPS) is 20.6. The fourth-order valence-corrected chi connectivity index (χ4v) is 5.53. The number of rotatable bonds is 6. The average Bonchev–Trinajstić information content (AvgIpc) is 3.15. The Morgan fingerprint density at radius 2 is 2.20 bits per heavy atom. The van der Waals surface area contributed by atoms with Crippen molar-refractivity contribution in [2.75, 3.05) is 17.3 Å². The van der Waals surface area contributed by atoms with E-state index >= 15 is 0 Å². The van der Waals surface area contributed by atoms with Crippen LogP contribution in [0.2, 0.25) is 0 Å². The van der Waals surface area contributed by atoms with Crippen LogP contribution in [0.4, 0.5) is 0 Å². The lowest BCUT2D eigenvalue weighted by Crippen LogP contribution is -2.47. The average molecular weight is 383 g/mol. The molecule has 3 rings (SSSR count). The highest BCUT2D eigenvalue weighted by molar-refractivity contribution is 7.99. The van der Waals surface area contributed by atoms with Crippen LogP contribution >= 0.6 is 11.8 Å². The van der Waals surface area contributed by atoms with Gasteiger partial charge in [-0.25, -0.2) is 13.4 Å². The third-order valence-corrected chi connectivity index (χ3v) is 7.11. The molecule has 2 aromatic rings.